The predicted molar refractivity (Wildman–Crippen MR) is 111 cm³/mol. The van der Waals surface area contributed by atoms with Gasteiger partial charge < -0.3 is 15.3 Å². The Bertz CT molecular complexity index is 994. The maximum atomic E-state index is 12.8. The highest BCUT2D eigenvalue weighted by atomic mass is 16.3. The smallest absolute Gasteiger partial charge is 0.290 e. The number of carbonyl (C=O) groups is 2. The molecule has 0 radical (unpaired) electrons. The van der Waals surface area contributed by atoms with Gasteiger partial charge in [-0.05, 0) is 55.1 Å². The number of nitrogens with zero attached hydrogens (tertiary/aromatic N) is 2. The molecule has 0 aliphatic carbocycles. The average Bonchev–Trinajstić information content (AvgIpc) is 3.19. The molecule has 2 aromatic carbocycles. The van der Waals surface area contributed by atoms with Crippen LogP contribution >= 0.6 is 0 Å². The summed E-state index contributed by atoms with van der Waals surface area (Å²) in [5.74, 6) is 0.543. The molecule has 3 fully saturated rings. The van der Waals surface area contributed by atoms with E-state index >= 15 is 0 Å². The Labute approximate surface area is 168 Å². The van der Waals surface area contributed by atoms with E-state index in [-0.39, 0.29) is 18.4 Å². The molecule has 1 amide bonds. The lowest BCUT2D eigenvalue weighted by molar-refractivity contribution is -0.122. The lowest BCUT2D eigenvalue weighted by Gasteiger charge is -2.44. The third-order valence-corrected chi connectivity index (χ3v) is 5.86. The number of hydrogen-bond acceptors (Lipinski definition) is 4. The van der Waals surface area contributed by atoms with Crippen molar-refractivity contribution >= 4 is 23.3 Å². The van der Waals surface area contributed by atoms with Crippen LogP contribution < -0.4 is 5.32 Å². The number of nitrogens with one attached hydrogen (secondary N) is 2. The van der Waals surface area contributed by atoms with E-state index in [1.165, 1.54) is 25.9 Å². The molecule has 3 aliphatic rings. The fraction of sp³-hybridized carbons (Fsp3) is 0.318. The van der Waals surface area contributed by atoms with E-state index in [4.69, 9.17) is 9.90 Å². The quantitative estimate of drug-likeness (QED) is 0.596. The lowest BCUT2D eigenvalue weighted by atomic mass is 9.84. The molecule has 2 bridgehead atoms. The van der Waals surface area contributed by atoms with E-state index in [9.17, 15) is 4.79 Å². The van der Waals surface area contributed by atoms with Crippen molar-refractivity contribution in [3.05, 3.63) is 54.2 Å². The van der Waals surface area contributed by atoms with Gasteiger partial charge in [0, 0.05) is 18.0 Å². The van der Waals surface area contributed by atoms with Gasteiger partial charge in [0.15, 0.2) is 5.69 Å². The summed E-state index contributed by atoms with van der Waals surface area (Å²) in [4.78, 5) is 23.6. The summed E-state index contributed by atoms with van der Waals surface area (Å²) in [6.45, 7) is 3.06. The highest BCUT2D eigenvalue weighted by Crippen LogP contribution is 2.28. The summed E-state index contributed by atoms with van der Waals surface area (Å²) >= 11 is 0. The summed E-state index contributed by atoms with van der Waals surface area (Å²) in [6.07, 6.45) is 2.37. The first-order chi connectivity index (χ1) is 14.2. The summed E-state index contributed by atoms with van der Waals surface area (Å²) in [5, 5.41) is 18.3. The maximum Gasteiger partial charge on any atom is 0.290 e. The SMILES string of the molecule is O=C(N[C@H]1CN2CCC1CC2)c1n[nH]c2cc(-c3ccccc3)ccc12.O=CO. The second-order valence-corrected chi connectivity index (χ2v) is 7.52. The molecule has 3 aromatic rings. The van der Waals surface area contributed by atoms with Gasteiger partial charge in [0.05, 0.1) is 5.52 Å². The second-order valence-electron chi connectivity index (χ2n) is 7.52. The maximum absolute atomic E-state index is 12.8. The normalized spacial score (nSPS) is 22.6. The number of benzene rings is 2. The standard InChI is InChI=1S/C21H22N4O.CH2O2/c26-21(22-19-13-25-10-8-15(19)9-11-25)20-17-7-6-16(12-18(17)23-24-20)14-4-2-1-3-5-14;2-1-3/h1-7,12,15,19H,8-11,13H2,(H,22,26)(H,23,24);1H,(H,2,3)/t19-;/m0./s1. The molecule has 150 valence electrons. The number of aromatic amines is 1. The zero-order chi connectivity index (χ0) is 20.2. The van der Waals surface area contributed by atoms with Crippen LogP contribution in [0.25, 0.3) is 22.0 Å². The zero-order valence-electron chi connectivity index (χ0n) is 16.0. The van der Waals surface area contributed by atoms with Crippen molar-refractivity contribution in [1.29, 1.82) is 0 Å². The number of hydrogen-bond donors (Lipinski definition) is 3. The number of rotatable bonds is 3. The van der Waals surface area contributed by atoms with Crippen molar-refractivity contribution in [1.82, 2.24) is 20.4 Å². The first kappa shape index (κ1) is 19.1. The third-order valence-electron chi connectivity index (χ3n) is 5.86. The van der Waals surface area contributed by atoms with E-state index in [1.54, 1.807) is 0 Å². The molecule has 7 nitrogen and oxygen atoms in total. The first-order valence-corrected chi connectivity index (χ1v) is 9.84. The molecule has 0 saturated carbocycles. The Morgan fingerprint density at radius 3 is 2.52 bits per heavy atom. The first-order valence-electron chi connectivity index (χ1n) is 9.84. The van der Waals surface area contributed by atoms with Gasteiger partial charge in [0.25, 0.3) is 12.4 Å². The highest BCUT2D eigenvalue weighted by molar-refractivity contribution is 6.05. The van der Waals surface area contributed by atoms with Gasteiger partial charge in [-0.2, -0.15) is 5.10 Å². The predicted octanol–water partition coefficient (Wildman–Crippen LogP) is 2.75. The minimum Gasteiger partial charge on any atom is -0.483 e. The number of fused-ring (bicyclic) bond motifs is 4. The Balaban J connectivity index is 0.000000645. The molecule has 29 heavy (non-hydrogen) atoms. The van der Waals surface area contributed by atoms with Crippen LogP contribution in [0.5, 0.6) is 0 Å². The Hall–Kier alpha value is -3.19. The van der Waals surface area contributed by atoms with Gasteiger partial charge in [-0.3, -0.25) is 14.7 Å². The number of piperidine rings is 3. The van der Waals surface area contributed by atoms with Crippen LogP contribution in [0.2, 0.25) is 0 Å². The minimum atomic E-state index is -0.250. The van der Waals surface area contributed by atoms with Crippen molar-refractivity contribution in [2.24, 2.45) is 5.92 Å². The molecule has 3 N–H and O–H groups in total. The highest BCUT2D eigenvalue weighted by Gasteiger charge is 2.35. The summed E-state index contributed by atoms with van der Waals surface area (Å²) in [5.41, 5.74) is 3.66. The van der Waals surface area contributed by atoms with Crippen molar-refractivity contribution in [3.8, 4) is 11.1 Å². The third kappa shape index (κ3) is 4.00. The van der Waals surface area contributed by atoms with Crippen molar-refractivity contribution < 1.29 is 14.7 Å². The Morgan fingerprint density at radius 1 is 1.14 bits per heavy atom. The van der Waals surface area contributed by atoms with Crippen LogP contribution in [0.15, 0.2) is 48.5 Å². The van der Waals surface area contributed by atoms with Crippen LogP contribution in [0.1, 0.15) is 23.3 Å². The molecule has 0 unspecified atom stereocenters. The number of carboxylic acid groups (broad SMARTS) is 1. The zero-order valence-corrected chi connectivity index (χ0v) is 16.0. The van der Waals surface area contributed by atoms with E-state index in [1.807, 2.05) is 24.3 Å². The number of amides is 1. The topological polar surface area (TPSA) is 98.3 Å². The van der Waals surface area contributed by atoms with E-state index < -0.39 is 0 Å². The molecular weight excluding hydrogens is 368 g/mol. The summed E-state index contributed by atoms with van der Waals surface area (Å²) in [7, 11) is 0. The van der Waals surface area contributed by atoms with Gasteiger partial charge in [0.2, 0.25) is 0 Å². The largest absolute Gasteiger partial charge is 0.483 e. The molecule has 0 spiro atoms. The van der Waals surface area contributed by atoms with Crippen LogP contribution in [-0.2, 0) is 4.79 Å². The molecule has 7 heteroatoms. The molecule has 3 saturated heterocycles. The molecular formula is C22H24N4O3. The molecule has 1 aromatic heterocycles. The van der Waals surface area contributed by atoms with Crippen LogP contribution in [-0.4, -0.2) is 58.3 Å². The van der Waals surface area contributed by atoms with Crippen molar-refractivity contribution in [2.45, 2.75) is 18.9 Å². The number of H-pyrrole nitrogens is 1. The van der Waals surface area contributed by atoms with Gasteiger partial charge in [0.1, 0.15) is 0 Å². The summed E-state index contributed by atoms with van der Waals surface area (Å²) < 4.78 is 0. The van der Waals surface area contributed by atoms with Crippen molar-refractivity contribution in [2.75, 3.05) is 19.6 Å². The van der Waals surface area contributed by atoms with Crippen LogP contribution in [0.3, 0.4) is 0 Å². The van der Waals surface area contributed by atoms with Gasteiger partial charge in [-0.1, -0.05) is 36.4 Å². The average molecular weight is 392 g/mol. The lowest BCUT2D eigenvalue weighted by Crippen LogP contribution is -2.57. The Kier molecular flexibility index (Phi) is 5.57. The molecule has 3 aliphatic heterocycles. The van der Waals surface area contributed by atoms with Crippen molar-refractivity contribution in [3.63, 3.8) is 0 Å². The molecule has 6 rings (SSSR count). The number of aromatic nitrogens is 2. The second kappa shape index (κ2) is 8.45. The van der Waals surface area contributed by atoms with E-state index in [2.05, 4.69) is 44.7 Å². The van der Waals surface area contributed by atoms with E-state index in [0.717, 1.165) is 28.6 Å². The summed E-state index contributed by atoms with van der Waals surface area (Å²) in [6, 6.07) is 16.6. The Morgan fingerprint density at radius 2 is 1.86 bits per heavy atom. The molecule has 4 heterocycles. The minimum absolute atomic E-state index is 0.0672. The monoisotopic (exact) mass is 392 g/mol. The van der Waals surface area contributed by atoms with E-state index in [0.29, 0.717) is 11.6 Å². The van der Waals surface area contributed by atoms with Crippen LogP contribution in [0, 0.1) is 5.92 Å². The number of carbonyl (C=O) groups excluding carboxylic acids is 1. The van der Waals surface area contributed by atoms with Gasteiger partial charge in [-0.25, -0.2) is 0 Å². The van der Waals surface area contributed by atoms with Gasteiger partial charge in [-0.15, -0.1) is 0 Å². The molecule has 1 atom stereocenters. The van der Waals surface area contributed by atoms with Crippen LogP contribution in [0.4, 0.5) is 0 Å². The van der Waals surface area contributed by atoms with Gasteiger partial charge >= 0.3 is 0 Å². The fourth-order valence-electron chi connectivity index (χ4n) is 4.37. The fourth-order valence-corrected chi connectivity index (χ4v) is 4.37.